The molecule has 0 fully saturated rings. The highest BCUT2D eigenvalue weighted by molar-refractivity contribution is 5.61. The summed E-state index contributed by atoms with van der Waals surface area (Å²) in [6, 6.07) is 3.95. The van der Waals surface area contributed by atoms with E-state index in [-0.39, 0.29) is 6.61 Å². The molecule has 0 unspecified atom stereocenters. The Morgan fingerprint density at radius 2 is 2.29 bits per heavy atom. The van der Waals surface area contributed by atoms with Crippen molar-refractivity contribution in [2.45, 2.75) is 26.3 Å². The van der Waals surface area contributed by atoms with Crippen LogP contribution >= 0.6 is 0 Å². The molecule has 21 heavy (non-hydrogen) atoms. The molecule has 0 bridgehead atoms. The zero-order valence-electron chi connectivity index (χ0n) is 12.8. The molecule has 0 saturated heterocycles. The lowest BCUT2D eigenvalue weighted by Gasteiger charge is -2.14. The van der Waals surface area contributed by atoms with Crippen LogP contribution in [0, 0.1) is 5.92 Å². The summed E-state index contributed by atoms with van der Waals surface area (Å²) < 4.78 is 1.84. The van der Waals surface area contributed by atoms with Crippen LogP contribution in [0.25, 0.3) is 11.3 Å². The molecule has 2 aromatic rings. The largest absolute Gasteiger partial charge is 0.396 e. The molecule has 0 aromatic carbocycles. The van der Waals surface area contributed by atoms with E-state index in [1.165, 1.54) is 5.56 Å². The second-order valence-corrected chi connectivity index (χ2v) is 5.34. The number of aliphatic hydroxyl groups excluding tert-OH is 1. The molecule has 0 radical (unpaired) electrons. The summed E-state index contributed by atoms with van der Waals surface area (Å²) in [5.74, 6) is 0.522. The van der Waals surface area contributed by atoms with Crippen molar-refractivity contribution in [2.24, 2.45) is 13.0 Å². The van der Waals surface area contributed by atoms with E-state index in [4.69, 9.17) is 5.11 Å². The molecule has 2 rings (SSSR count). The van der Waals surface area contributed by atoms with Gasteiger partial charge in [0.05, 0.1) is 5.69 Å². The van der Waals surface area contributed by atoms with Gasteiger partial charge in [-0.25, -0.2) is 0 Å². The molecule has 0 aliphatic carbocycles. The van der Waals surface area contributed by atoms with Crippen LogP contribution in [0.5, 0.6) is 0 Å². The standard InChI is InChI=1S/C16H24N4O/c1-3-13(6-8-21)9-18-11-15-12-20(2)19-16(15)14-5-4-7-17-10-14/h4-5,7,10,12-13,18,21H,3,6,8-9,11H2,1-2H3/t13-/m1/s1. The second-order valence-electron chi connectivity index (χ2n) is 5.34. The monoisotopic (exact) mass is 288 g/mol. The number of aryl methyl sites for hydroxylation is 1. The molecule has 5 nitrogen and oxygen atoms in total. The molecule has 2 heterocycles. The van der Waals surface area contributed by atoms with Crippen LogP contribution in [0.15, 0.2) is 30.7 Å². The van der Waals surface area contributed by atoms with Gasteiger partial charge >= 0.3 is 0 Å². The molecular weight excluding hydrogens is 264 g/mol. The number of hydrogen-bond donors (Lipinski definition) is 2. The van der Waals surface area contributed by atoms with Gasteiger partial charge in [0, 0.05) is 49.9 Å². The van der Waals surface area contributed by atoms with E-state index in [1.54, 1.807) is 6.20 Å². The van der Waals surface area contributed by atoms with Crippen LogP contribution in [0.1, 0.15) is 25.3 Å². The van der Waals surface area contributed by atoms with Crippen LogP contribution in [0.4, 0.5) is 0 Å². The van der Waals surface area contributed by atoms with E-state index in [0.717, 1.165) is 37.2 Å². The zero-order valence-corrected chi connectivity index (χ0v) is 12.8. The third-order valence-corrected chi connectivity index (χ3v) is 3.70. The summed E-state index contributed by atoms with van der Waals surface area (Å²) in [5.41, 5.74) is 3.19. The number of rotatable bonds is 8. The van der Waals surface area contributed by atoms with E-state index >= 15 is 0 Å². The first-order valence-corrected chi connectivity index (χ1v) is 7.49. The van der Waals surface area contributed by atoms with Crippen molar-refractivity contribution < 1.29 is 5.11 Å². The van der Waals surface area contributed by atoms with Crippen LogP contribution < -0.4 is 5.32 Å². The average Bonchev–Trinajstić information content (AvgIpc) is 2.88. The summed E-state index contributed by atoms with van der Waals surface area (Å²) in [6.45, 7) is 4.11. The third-order valence-electron chi connectivity index (χ3n) is 3.70. The van der Waals surface area contributed by atoms with Crippen molar-refractivity contribution in [3.8, 4) is 11.3 Å². The molecule has 0 saturated carbocycles. The normalized spacial score (nSPS) is 12.5. The third kappa shape index (κ3) is 4.37. The second kappa shape index (κ2) is 7.90. The van der Waals surface area contributed by atoms with Gasteiger partial charge in [-0.15, -0.1) is 0 Å². The molecule has 0 spiro atoms. The minimum absolute atomic E-state index is 0.258. The average molecular weight is 288 g/mol. The van der Waals surface area contributed by atoms with Crippen molar-refractivity contribution in [2.75, 3.05) is 13.2 Å². The Kier molecular flexibility index (Phi) is 5.90. The summed E-state index contributed by atoms with van der Waals surface area (Å²) in [7, 11) is 1.93. The molecule has 0 aliphatic rings. The Balaban J connectivity index is 2.01. The molecule has 2 N–H and O–H groups in total. The number of hydrogen-bond acceptors (Lipinski definition) is 4. The fraction of sp³-hybridized carbons (Fsp3) is 0.500. The van der Waals surface area contributed by atoms with Gasteiger partial charge in [-0.05, 0) is 31.0 Å². The number of aromatic nitrogens is 3. The van der Waals surface area contributed by atoms with Gasteiger partial charge < -0.3 is 10.4 Å². The van der Waals surface area contributed by atoms with E-state index in [1.807, 2.05) is 36.3 Å². The van der Waals surface area contributed by atoms with Crippen LogP contribution in [-0.2, 0) is 13.6 Å². The number of aliphatic hydroxyl groups is 1. The molecule has 0 amide bonds. The fourth-order valence-corrected chi connectivity index (χ4v) is 2.46. The van der Waals surface area contributed by atoms with Crippen molar-refractivity contribution in [1.82, 2.24) is 20.1 Å². The van der Waals surface area contributed by atoms with Crippen molar-refractivity contribution >= 4 is 0 Å². The van der Waals surface area contributed by atoms with Crippen molar-refractivity contribution in [1.29, 1.82) is 0 Å². The topological polar surface area (TPSA) is 63.0 Å². The Morgan fingerprint density at radius 3 is 2.95 bits per heavy atom. The van der Waals surface area contributed by atoms with Gasteiger partial charge in [0.25, 0.3) is 0 Å². The molecular formula is C16H24N4O. The predicted octanol–water partition coefficient (Wildman–Crippen LogP) is 1.98. The highest BCUT2D eigenvalue weighted by Gasteiger charge is 2.11. The minimum Gasteiger partial charge on any atom is -0.396 e. The van der Waals surface area contributed by atoms with Gasteiger partial charge in [-0.2, -0.15) is 5.10 Å². The smallest absolute Gasteiger partial charge is 0.0983 e. The van der Waals surface area contributed by atoms with Crippen LogP contribution in [0.2, 0.25) is 0 Å². The molecule has 5 heteroatoms. The van der Waals surface area contributed by atoms with Gasteiger partial charge in [0.1, 0.15) is 0 Å². The quantitative estimate of drug-likeness (QED) is 0.779. The van der Waals surface area contributed by atoms with Gasteiger partial charge in [0.2, 0.25) is 0 Å². The SMILES string of the molecule is CC[C@H](CCO)CNCc1cn(C)nc1-c1cccnc1. The van der Waals surface area contributed by atoms with Gasteiger partial charge in [-0.3, -0.25) is 9.67 Å². The maximum absolute atomic E-state index is 9.03. The number of nitrogens with one attached hydrogen (secondary N) is 1. The van der Waals surface area contributed by atoms with Crippen LogP contribution in [-0.4, -0.2) is 33.0 Å². The molecule has 2 aromatic heterocycles. The van der Waals surface area contributed by atoms with E-state index in [9.17, 15) is 0 Å². The highest BCUT2D eigenvalue weighted by atomic mass is 16.3. The molecule has 0 aliphatic heterocycles. The molecule has 114 valence electrons. The van der Waals surface area contributed by atoms with E-state index in [2.05, 4.69) is 22.3 Å². The van der Waals surface area contributed by atoms with Crippen molar-refractivity contribution in [3.05, 3.63) is 36.3 Å². The summed E-state index contributed by atoms with van der Waals surface area (Å²) in [6.07, 6.45) is 7.59. The first-order chi connectivity index (χ1) is 10.2. The van der Waals surface area contributed by atoms with Gasteiger partial charge in [0.15, 0.2) is 0 Å². The lowest BCUT2D eigenvalue weighted by Crippen LogP contribution is -2.23. The predicted molar refractivity (Wildman–Crippen MR) is 83.6 cm³/mol. The zero-order chi connectivity index (χ0) is 15.1. The van der Waals surface area contributed by atoms with Crippen molar-refractivity contribution in [3.63, 3.8) is 0 Å². The lowest BCUT2D eigenvalue weighted by atomic mass is 10.0. The number of pyridine rings is 1. The minimum atomic E-state index is 0.258. The lowest BCUT2D eigenvalue weighted by molar-refractivity contribution is 0.251. The first kappa shape index (κ1) is 15.7. The Hall–Kier alpha value is -1.72. The number of nitrogens with zero attached hydrogens (tertiary/aromatic N) is 3. The van der Waals surface area contributed by atoms with Crippen LogP contribution in [0.3, 0.4) is 0 Å². The molecule has 1 atom stereocenters. The Bertz CT molecular complexity index is 538. The van der Waals surface area contributed by atoms with E-state index in [0.29, 0.717) is 5.92 Å². The maximum atomic E-state index is 9.03. The first-order valence-electron chi connectivity index (χ1n) is 7.49. The maximum Gasteiger partial charge on any atom is 0.0983 e. The summed E-state index contributed by atoms with van der Waals surface area (Å²) in [4.78, 5) is 4.16. The summed E-state index contributed by atoms with van der Waals surface area (Å²) in [5, 5.41) is 17.0. The Morgan fingerprint density at radius 1 is 1.43 bits per heavy atom. The van der Waals surface area contributed by atoms with Gasteiger partial charge in [-0.1, -0.05) is 13.3 Å². The fourth-order valence-electron chi connectivity index (χ4n) is 2.46. The summed E-state index contributed by atoms with van der Waals surface area (Å²) >= 11 is 0. The van der Waals surface area contributed by atoms with E-state index < -0.39 is 0 Å². The highest BCUT2D eigenvalue weighted by Crippen LogP contribution is 2.20. The Labute approximate surface area is 126 Å².